The number of benzene rings is 1. The molecule has 4 heterocycles. The summed E-state index contributed by atoms with van der Waals surface area (Å²) in [5.41, 5.74) is 6.99. The third-order valence-electron chi connectivity index (χ3n) is 5.02. The number of rotatable bonds is 2. The molecule has 0 spiro atoms. The molecular weight excluding hydrogens is 326 g/mol. The monoisotopic (exact) mass is 345 g/mol. The van der Waals surface area contributed by atoms with Gasteiger partial charge in [-0.15, -0.1) is 0 Å². The molecule has 2 aliphatic rings. The molecule has 0 saturated carbocycles. The van der Waals surface area contributed by atoms with Crippen molar-refractivity contribution in [3.63, 3.8) is 0 Å². The number of nitrogens with one attached hydrogen (secondary N) is 2. The molecule has 0 atom stereocenters. The molecule has 2 aromatic heterocycles. The highest BCUT2D eigenvalue weighted by atomic mass is 16.2. The van der Waals surface area contributed by atoms with Crippen molar-refractivity contribution in [2.75, 3.05) is 18.4 Å². The Hall–Kier alpha value is -3.15. The van der Waals surface area contributed by atoms with Crippen LogP contribution in [0.2, 0.25) is 0 Å². The van der Waals surface area contributed by atoms with Crippen LogP contribution in [0.25, 0.3) is 22.5 Å². The molecule has 3 aromatic rings. The fraction of sp³-hybridized carbons (Fsp3) is 0.250. The largest absolute Gasteiger partial charge is 0.385 e. The van der Waals surface area contributed by atoms with E-state index < -0.39 is 0 Å². The van der Waals surface area contributed by atoms with Gasteiger partial charge >= 0.3 is 0 Å². The summed E-state index contributed by atoms with van der Waals surface area (Å²) in [5.74, 6) is -0.0635. The topological polar surface area (TPSA) is 71.8 Å². The molecule has 2 N–H and O–H groups in total. The van der Waals surface area contributed by atoms with E-state index in [2.05, 4.69) is 38.9 Å². The number of anilines is 1. The summed E-state index contributed by atoms with van der Waals surface area (Å²) in [5, 5.41) is 10.9. The van der Waals surface area contributed by atoms with Crippen LogP contribution in [0, 0.1) is 0 Å². The van der Waals surface area contributed by atoms with Gasteiger partial charge in [-0.05, 0) is 48.7 Å². The van der Waals surface area contributed by atoms with Crippen molar-refractivity contribution in [2.24, 2.45) is 0 Å². The van der Waals surface area contributed by atoms with Crippen molar-refractivity contribution in [1.29, 1.82) is 0 Å². The predicted molar refractivity (Wildman–Crippen MR) is 100 cm³/mol. The third kappa shape index (κ3) is 2.54. The van der Waals surface area contributed by atoms with Crippen LogP contribution in [0.3, 0.4) is 0 Å². The number of carbonyl (C=O) groups excluding carboxylic acids is 1. The number of hydrogen-bond acceptors (Lipinski definition) is 4. The zero-order valence-electron chi connectivity index (χ0n) is 14.3. The summed E-state index contributed by atoms with van der Waals surface area (Å²) in [6.07, 6.45) is 4.06. The molecular formula is C20H19N5O. The van der Waals surface area contributed by atoms with Crippen molar-refractivity contribution < 1.29 is 4.79 Å². The van der Waals surface area contributed by atoms with Crippen LogP contribution >= 0.6 is 0 Å². The quantitative estimate of drug-likeness (QED) is 0.749. The summed E-state index contributed by atoms with van der Waals surface area (Å²) < 4.78 is 1.78. The first kappa shape index (κ1) is 15.1. The minimum atomic E-state index is -0.0635. The molecule has 2 aliphatic heterocycles. The van der Waals surface area contributed by atoms with Crippen LogP contribution in [-0.4, -0.2) is 33.8 Å². The Morgan fingerprint density at radius 2 is 1.88 bits per heavy atom. The average molecular weight is 345 g/mol. The van der Waals surface area contributed by atoms with E-state index in [0.717, 1.165) is 41.9 Å². The minimum Gasteiger partial charge on any atom is -0.385 e. The van der Waals surface area contributed by atoms with Gasteiger partial charge in [0.25, 0.3) is 5.91 Å². The van der Waals surface area contributed by atoms with E-state index in [9.17, 15) is 4.79 Å². The Bertz CT molecular complexity index is 1010. The van der Waals surface area contributed by atoms with Gasteiger partial charge < -0.3 is 10.6 Å². The Morgan fingerprint density at radius 3 is 2.81 bits per heavy atom. The first-order chi connectivity index (χ1) is 12.8. The van der Waals surface area contributed by atoms with Crippen LogP contribution in [-0.2, 0) is 13.0 Å². The lowest BCUT2D eigenvalue weighted by molar-refractivity contribution is 0.0924. The van der Waals surface area contributed by atoms with Gasteiger partial charge in [-0.25, -0.2) is 0 Å². The van der Waals surface area contributed by atoms with Gasteiger partial charge in [0.2, 0.25) is 0 Å². The third-order valence-corrected chi connectivity index (χ3v) is 5.02. The molecule has 0 bridgehead atoms. The predicted octanol–water partition coefficient (Wildman–Crippen LogP) is 2.71. The smallest absolute Gasteiger partial charge is 0.269 e. The summed E-state index contributed by atoms with van der Waals surface area (Å²) in [4.78, 5) is 16.5. The summed E-state index contributed by atoms with van der Waals surface area (Å²) in [7, 11) is 0. The van der Waals surface area contributed by atoms with Crippen molar-refractivity contribution in [3.8, 4) is 22.5 Å². The number of fused-ring (bicyclic) bond motifs is 2. The number of pyridine rings is 1. The highest BCUT2D eigenvalue weighted by molar-refractivity contribution is 5.94. The van der Waals surface area contributed by atoms with Crippen molar-refractivity contribution in [1.82, 2.24) is 20.1 Å². The lowest BCUT2D eigenvalue weighted by Crippen LogP contribution is -2.35. The Labute approximate surface area is 151 Å². The average Bonchev–Trinajstić information content (AvgIpc) is 3.14. The van der Waals surface area contributed by atoms with Gasteiger partial charge in [0.1, 0.15) is 5.69 Å². The van der Waals surface area contributed by atoms with Gasteiger partial charge in [-0.1, -0.05) is 6.07 Å². The highest BCUT2D eigenvalue weighted by Crippen LogP contribution is 2.29. The van der Waals surface area contributed by atoms with Crippen LogP contribution in [0.5, 0.6) is 0 Å². The first-order valence-electron chi connectivity index (χ1n) is 8.97. The van der Waals surface area contributed by atoms with Crippen LogP contribution < -0.4 is 10.6 Å². The second-order valence-electron chi connectivity index (χ2n) is 6.73. The second-order valence-corrected chi connectivity index (χ2v) is 6.73. The molecule has 6 heteroatoms. The fourth-order valence-corrected chi connectivity index (χ4v) is 3.66. The normalized spacial score (nSPS) is 15.6. The molecule has 0 saturated heterocycles. The van der Waals surface area contributed by atoms with Crippen LogP contribution in [0.4, 0.5) is 5.69 Å². The maximum atomic E-state index is 12.0. The number of amides is 1. The number of aromatic nitrogens is 3. The van der Waals surface area contributed by atoms with Gasteiger partial charge in [-0.3, -0.25) is 14.5 Å². The number of carbonyl (C=O) groups is 1. The summed E-state index contributed by atoms with van der Waals surface area (Å²) in [6, 6.07) is 12.3. The van der Waals surface area contributed by atoms with Gasteiger partial charge in [0.15, 0.2) is 0 Å². The molecule has 1 aromatic carbocycles. The molecule has 26 heavy (non-hydrogen) atoms. The van der Waals surface area contributed by atoms with E-state index >= 15 is 0 Å². The summed E-state index contributed by atoms with van der Waals surface area (Å²) >= 11 is 0. The molecule has 5 rings (SSSR count). The molecule has 6 nitrogen and oxygen atoms in total. The first-order valence-corrected chi connectivity index (χ1v) is 8.97. The number of aryl methyl sites for hydroxylation is 1. The van der Waals surface area contributed by atoms with Crippen molar-refractivity contribution >= 4 is 11.6 Å². The van der Waals surface area contributed by atoms with E-state index in [-0.39, 0.29) is 5.91 Å². The zero-order chi connectivity index (χ0) is 17.5. The van der Waals surface area contributed by atoms with Crippen LogP contribution in [0.15, 0.2) is 42.6 Å². The van der Waals surface area contributed by atoms with E-state index in [0.29, 0.717) is 18.8 Å². The van der Waals surface area contributed by atoms with E-state index in [1.165, 1.54) is 11.3 Å². The molecule has 0 unspecified atom stereocenters. The maximum Gasteiger partial charge on any atom is 0.269 e. The molecule has 1 amide bonds. The SMILES string of the molecule is O=C1NCCn2nc(-c3ccnc(-c4ccc5c(c4)CCCN5)c3)cc21. The van der Waals surface area contributed by atoms with E-state index in [1.54, 1.807) is 10.9 Å². The van der Waals surface area contributed by atoms with Crippen LogP contribution in [0.1, 0.15) is 22.5 Å². The minimum absolute atomic E-state index is 0.0635. The zero-order valence-corrected chi connectivity index (χ0v) is 14.3. The molecule has 0 fully saturated rings. The standard InChI is InChI=1S/C20H19N5O/c26-20-19-12-18(24-25(19)9-8-23-20)15-5-7-22-17(11-15)14-3-4-16-13(10-14)2-1-6-21-16/h3-5,7,10-12,21H,1-2,6,8-9H2,(H,23,26). The fourth-order valence-electron chi connectivity index (χ4n) is 3.66. The van der Waals surface area contributed by atoms with Crippen molar-refractivity contribution in [3.05, 3.63) is 53.9 Å². The second kappa shape index (κ2) is 5.98. The Kier molecular flexibility index (Phi) is 3.48. The number of nitrogens with zero attached hydrogens (tertiary/aromatic N) is 3. The van der Waals surface area contributed by atoms with Gasteiger partial charge in [0, 0.05) is 36.1 Å². The molecule has 130 valence electrons. The Morgan fingerprint density at radius 1 is 0.962 bits per heavy atom. The lowest BCUT2D eigenvalue weighted by atomic mass is 9.98. The van der Waals surface area contributed by atoms with Gasteiger partial charge in [-0.2, -0.15) is 5.10 Å². The lowest BCUT2D eigenvalue weighted by Gasteiger charge is -2.18. The molecule has 0 radical (unpaired) electrons. The summed E-state index contributed by atoms with van der Waals surface area (Å²) in [6.45, 7) is 2.37. The number of hydrogen-bond donors (Lipinski definition) is 2. The van der Waals surface area contributed by atoms with E-state index in [4.69, 9.17) is 0 Å². The molecule has 0 aliphatic carbocycles. The Balaban J connectivity index is 1.53. The van der Waals surface area contributed by atoms with E-state index in [1.807, 2.05) is 18.2 Å². The maximum absolute atomic E-state index is 12.0. The van der Waals surface area contributed by atoms with Crippen molar-refractivity contribution in [2.45, 2.75) is 19.4 Å². The highest BCUT2D eigenvalue weighted by Gasteiger charge is 2.20. The van der Waals surface area contributed by atoms with Gasteiger partial charge in [0.05, 0.1) is 17.9 Å².